The van der Waals surface area contributed by atoms with Gasteiger partial charge in [-0.15, -0.1) is 0 Å². The SMILES string of the molecule is N#C/C(=C\c1cn(-c2ccccc2)nc1-c1ccncc1)C(=O)NC1CCCCC1. The topological polar surface area (TPSA) is 83.6 Å². The van der Waals surface area contributed by atoms with Crippen molar-refractivity contribution in [2.45, 2.75) is 38.1 Å². The Morgan fingerprint density at radius 3 is 2.53 bits per heavy atom. The van der Waals surface area contributed by atoms with E-state index < -0.39 is 0 Å². The predicted octanol–water partition coefficient (Wildman–Crippen LogP) is 4.29. The lowest BCUT2D eigenvalue weighted by Crippen LogP contribution is -2.36. The number of hydrogen-bond acceptors (Lipinski definition) is 4. The number of nitrogens with zero attached hydrogens (tertiary/aromatic N) is 4. The summed E-state index contributed by atoms with van der Waals surface area (Å²) in [5.41, 5.74) is 3.26. The second kappa shape index (κ2) is 9.19. The molecule has 0 bridgehead atoms. The maximum atomic E-state index is 12.7. The molecule has 4 rings (SSSR count). The molecule has 6 nitrogen and oxygen atoms in total. The van der Waals surface area contributed by atoms with Gasteiger partial charge in [0.2, 0.25) is 0 Å². The van der Waals surface area contributed by atoms with Crippen molar-refractivity contribution in [3.63, 3.8) is 0 Å². The number of amides is 1. The Morgan fingerprint density at radius 1 is 1.10 bits per heavy atom. The van der Waals surface area contributed by atoms with Crippen molar-refractivity contribution < 1.29 is 4.79 Å². The van der Waals surface area contributed by atoms with E-state index in [1.165, 1.54) is 6.42 Å². The molecule has 1 aliphatic carbocycles. The van der Waals surface area contributed by atoms with Gasteiger partial charge in [0.1, 0.15) is 17.3 Å². The quantitative estimate of drug-likeness (QED) is 0.514. The monoisotopic (exact) mass is 397 g/mol. The highest BCUT2D eigenvalue weighted by atomic mass is 16.1. The maximum Gasteiger partial charge on any atom is 0.262 e. The second-order valence-electron chi connectivity index (χ2n) is 7.43. The number of carbonyl (C=O) groups is 1. The summed E-state index contributed by atoms with van der Waals surface area (Å²) in [6.07, 6.45) is 12.3. The van der Waals surface area contributed by atoms with Crippen LogP contribution in [0, 0.1) is 11.3 Å². The molecule has 6 heteroatoms. The minimum atomic E-state index is -0.322. The highest BCUT2D eigenvalue weighted by Gasteiger charge is 2.19. The number of pyridine rings is 1. The van der Waals surface area contributed by atoms with Crippen molar-refractivity contribution in [2.75, 3.05) is 0 Å². The molecular weight excluding hydrogens is 374 g/mol. The molecule has 0 spiro atoms. The average molecular weight is 397 g/mol. The Morgan fingerprint density at radius 2 is 1.83 bits per heavy atom. The van der Waals surface area contributed by atoms with Gasteiger partial charge in [-0.1, -0.05) is 37.5 Å². The van der Waals surface area contributed by atoms with Crippen LogP contribution in [0.4, 0.5) is 0 Å². The van der Waals surface area contributed by atoms with Gasteiger partial charge in [0.15, 0.2) is 0 Å². The van der Waals surface area contributed by atoms with E-state index in [1.54, 1.807) is 23.2 Å². The van der Waals surface area contributed by atoms with Gasteiger partial charge in [-0.05, 0) is 43.2 Å². The Bertz CT molecular complexity index is 1070. The first kappa shape index (κ1) is 19.6. The molecule has 30 heavy (non-hydrogen) atoms. The van der Waals surface area contributed by atoms with E-state index in [4.69, 9.17) is 5.10 Å². The molecule has 1 amide bonds. The molecule has 150 valence electrons. The first-order valence-electron chi connectivity index (χ1n) is 10.2. The third-order valence-corrected chi connectivity index (χ3v) is 5.32. The molecule has 0 aliphatic heterocycles. The lowest BCUT2D eigenvalue weighted by Gasteiger charge is -2.22. The smallest absolute Gasteiger partial charge is 0.262 e. The van der Waals surface area contributed by atoms with Crippen LogP contribution in [0.1, 0.15) is 37.7 Å². The summed E-state index contributed by atoms with van der Waals surface area (Å²) in [4.78, 5) is 16.8. The zero-order valence-corrected chi connectivity index (χ0v) is 16.7. The molecule has 0 unspecified atom stereocenters. The standard InChI is InChI=1S/C24H23N5O/c25-16-19(24(30)27-21-7-3-1-4-8-21)15-20-17-29(22-9-5-2-6-10-22)28-23(20)18-11-13-26-14-12-18/h2,5-6,9-15,17,21H,1,3-4,7-8H2,(H,27,30)/b19-15+. The highest BCUT2D eigenvalue weighted by Crippen LogP contribution is 2.25. The predicted molar refractivity (Wildman–Crippen MR) is 115 cm³/mol. The minimum absolute atomic E-state index is 0.0866. The fourth-order valence-corrected chi connectivity index (χ4v) is 3.75. The Hall–Kier alpha value is -3.72. The molecule has 0 atom stereocenters. The van der Waals surface area contributed by atoms with E-state index in [9.17, 15) is 10.1 Å². The van der Waals surface area contributed by atoms with Gasteiger partial charge in [0.25, 0.3) is 5.91 Å². The fourth-order valence-electron chi connectivity index (χ4n) is 3.75. The lowest BCUT2D eigenvalue weighted by atomic mass is 9.95. The zero-order chi connectivity index (χ0) is 20.8. The Labute approximate surface area is 175 Å². The molecule has 0 saturated heterocycles. The molecule has 1 aromatic carbocycles. The Balaban J connectivity index is 1.69. The van der Waals surface area contributed by atoms with Gasteiger partial charge in [-0.2, -0.15) is 10.4 Å². The highest BCUT2D eigenvalue weighted by molar-refractivity contribution is 6.02. The molecule has 1 saturated carbocycles. The van der Waals surface area contributed by atoms with E-state index in [0.717, 1.165) is 36.9 Å². The van der Waals surface area contributed by atoms with Crippen LogP contribution < -0.4 is 5.32 Å². The van der Waals surface area contributed by atoms with Gasteiger partial charge in [-0.25, -0.2) is 4.68 Å². The van der Waals surface area contributed by atoms with Crippen LogP contribution in [0.5, 0.6) is 0 Å². The van der Waals surface area contributed by atoms with Crippen LogP contribution in [0.3, 0.4) is 0 Å². The normalized spacial score (nSPS) is 14.8. The van der Waals surface area contributed by atoms with Crippen molar-refractivity contribution in [2.24, 2.45) is 0 Å². The maximum absolute atomic E-state index is 12.7. The summed E-state index contributed by atoms with van der Waals surface area (Å²) in [7, 11) is 0. The van der Waals surface area contributed by atoms with E-state index in [2.05, 4.69) is 16.4 Å². The summed E-state index contributed by atoms with van der Waals surface area (Å²) in [6, 6.07) is 15.7. The van der Waals surface area contributed by atoms with E-state index in [-0.39, 0.29) is 17.5 Å². The van der Waals surface area contributed by atoms with Crippen LogP contribution >= 0.6 is 0 Å². The number of carbonyl (C=O) groups excluding carboxylic acids is 1. The third kappa shape index (κ3) is 4.47. The van der Waals surface area contributed by atoms with Crippen LogP contribution in [0.15, 0.2) is 66.6 Å². The van der Waals surface area contributed by atoms with Gasteiger partial charge in [-0.3, -0.25) is 9.78 Å². The number of hydrogen-bond donors (Lipinski definition) is 1. The Kier molecular flexibility index (Phi) is 6.00. The molecule has 1 aliphatic rings. The number of nitrogens with one attached hydrogen (secondary N) is 1. The number of nitriles is 1. The first-order chi connectivity index (χ1) is 14.7. The van der Waals surface area contributed by atoms with Gasteiger partial charge in [0.05, 0.1) is 5.69 Å². The van der Waals surface area contributed by atoms with Crippen molar-refractivity contribution in [3.05, 3.63) is 72.2 Å². The molecule has 2 aromatic heterocycles. The van der Waals surface area contributed by atoms with Crippen LogP contribution in [-0.2, 0) is 4.79 Å². The van der Waals surface area contributed by atoms with E-state index in [0.29, 0.717) is 11.3 Å². The lowest BCUT2D eigenvalue weighted by molar-refractivity contribution is -0.117. The van der Waals surface area contributed by atoms with Crippen molar-refractivity contribution >= 4 is 12.0 Å². The van der Waals surface area contributed by atoms with Gasteiger partial charge in [0, 0.05) is 35.8 Å². The molecule has 1 N–H and O–H groups in total. The zero-order valence-electron chi connectivity index (χ0n) is 16.7. The average Bonchev–Trinajstić information content (AvgIpc) is 3.23. The number of para-hydroxylation sites is 1. The fraction of sp³-hybridized carbons (Fsp3) is 0.250. The van der Waals surface area contributed by atoms with Crippen molar-refractivity contribution in [1.29, 1.82) is 5.26 Å². The number of rotatable bonds is 5. The summed E-state index contributed by atoms with van der Waals surface area (Å²) in [5, 5.41) is 17.4. The molecule has 2 heterocycles. The number of aromatic nitrogens is 3. The van der Waals surface area contributed by atoms with Crippen LogP contribution in [-0.4, -0.2) is 26.7 Å². The third-order valence-electron chi connectivity index (χ3n) is 5.32. The molecule has 1 fully saturated rings. The van der Waals surface area contributed by atoms with Gasteiger partial charge < -0.3 is 5.32 Å². The van der Waals surface area contributed by atoms with E-state index >= 15 is 0 Å². The minimum Gasteiger partial charge on any atom is -0.349 e. The molecule has 0 radical (unpaired) electrons. The number of benzene rings is 1. The van der Waals surface area contributed by atoms with Crippen LogP contribution in [0.2, 0.25) is 0 Å². The van der Waals surface area contributed by atoms with E-state index in [1.807, 2.05) is 48.7 Å². The summed E-state index contributed by atoms with van der Waals surface area (Å²) < 4.78 is 1.76. The molecular formula is C24H23N5O. The van der Waals surface area contributed by atoms with Crippen molar-refractivity contribution in [1.82, 2.24) is 20.1 Å². The summed E-state index contributed by atoms with van der Waals surface area (Å²) in [6.45, 7) is 0. The summed E-state index contributed by atoms with van der Waals surface area (Å²) in [5.74, 6) is -0.322. The first-order valence-corrected chi connectivity index (χ1v) is 10.2. The molecule has 3 aromatic rings. The summed E-state index contributed by atoms with van der Waals surface area (Å²) >= 11 is 0. The van der Waals surface area contributed by atoms with Crippen molar-refractivity contribution in [3.8, 4) is 23.0 Å². The van der Waals surface area contributed by atoms with Gasteiger partial charge >= 0.3 is 0 Å². The van der Waals surface area contributed by atoms with Crippen LogP contribution in [0.25, 0.3) is 23.0 Å². The largest absolute Gasteiger partial charge is 0.349 e. The second-order valence-corrected chi connectivity index (χ2v) is 7.43.